The number of hydrogen-bond donors (Lipinski definition) is 1. The molecule has 0 bridgehead atoms. The largest absolute Gasteiger partial charge is 0.504 e. The zero-order valence-electron chi connectivity index (χ0n) is 10.3. The van der Waals surface area contributed by atoms with Gasteiger partial charge in [-0.2, -0.15) is 5.10 Å². The molecule has 0 spiro atoms. The molecule has 1 N–H and O–H groups in total. The summed E-state index contributed by atoms with van der Waals surface area (Å²) in [4.78, 5) is 0. The monoisotopic (exact) mass is 230 g/mol. The number of aryl methyl sites for hydroxylation is 2. The lowest BCUT2D eigenvalue weighted by atomic mass is 10.1. The fourth-order valence-electron chi connectivity index (χ4n) is 2.00. The molecule has 0 saturated heterocycles. The molecule has 0 fully saturated rings. The van der Waals surface area contributed by atoms with Gasteiger partial charge in [-0.15, -0.1) is 0 Å². The van der Waals surface area contributed by atoms with Gasteiger partial charge in [-0.3, -0.25) is 4.68 Å². The summed E-state index contributed by atoms with van der Waals surface area (Å²) in [6.07, 6.45) is 1.76. The molecule has 3 nitrogen and oxygen atoms in total. The maximum Gasteiger partial charge on any atom is 0.164 e. The first kappa shape index (κ1) is 11.7. The van der Waals surface area contributed by atoms with Crippen LogP contribution in [0.5, 0.6) is 5.75 Å². The molecule has 17 heavy (non-hydrogen) atoms. The van der Waals surface area contributed by atoms with Crippen molar-refractivity contribution in [3.8, 4) is 17.0 Å². The molecule has 3 heteroatoms. The van der Waals surface area contributed by atoms with E-state index in [1.807, 2.05) is 41.9 Å². The molecule has 0 aliphatic carbocycles. The molecule has 0 aliphatic rings. The van der Waals surface area contributed by atoms with Crippen LogP contribution in [0.2, 0.25) is 0 Å². The predicted octanol–water partition coefficient (Wildman–Crippen LogP) is 3.23. The van der Waals surface area contributed by atoms with Crippen molar-refractivity contribution in [1.29, 1.82) is 0 Å². The fraction of sp³-hybridized carbons (Fsp3) is 0.357. The summed E-state index contributed by atoms with van der Waals surface area (Å²) in [6, 6.07) is 9.93. The molecule has 1 heterocycles. The summed E-state index contributed by atoms with van der Waals surface area (Å²) in [5.74, 6) is 0.326. The number of rotatable bonds is 4. The zero-order valence-corrected chi connectivity index (χ0v) is 10.3. The molecule has 0 saturated carbocycles. The molecule has 2 aromatic rings. The molecular weight excluding hydrogens is 212 g/mol. The van der Waals surface area contributed by atoms with E-state index in [9.17, 15) is 5.11 Å². The number of aromatic nitrogens is 2. The smallest absolute Gasteiger partial charge is 0.164 e. The lowest BCUT2D eigenvalue weighted by molar-refractivity contribution is 0.470. The van der Waals surface area contributed by atoms with E-state index in [1.54, 1.807) is 0 Å². The summed E-state index contributed by atoms with van der Waals surface area (Å²) < 4.78 is 1.91. The molecule has 0 amide bonds. The standard InChI is InChI=1S/C14H18N2O/c1-3-10-16-13(11-8-6-5-7-9-11)14(17)12(4-2)15-16/h5-9,17H,3-4,10H2,1-2H3. The summed E-state index contributed by atoms with van der Waals surface area (Å²) in [5.41, 5.74) is 2.63. The maximum atomic E-state index is 10.2. The first-order chi connectivity index (χ1) is 8.27. The molecule has 0 unspecified atom stereocenters. The minimum atomic E-state index is 0.326. The number of benzene rings is 1. The lowest BCUT2D eigenvalue weighted by Crippen LogP contribution is -2.01. The van der Waals surface area contributed by atoms with Gasteiger partial charge in [0, 0.05) is 12.1 Å². The second-order valence-electron chi connectivity index (χ2n) is 4.09. The molecule has 2 rings (SSSR count). The zero-order chi connectivity index (χ0) is 12.3. The average molecular weight is 230 g/mol. The van der Waals surface area contributed by atoms with E-state index in [0.717, 1.165) is 36.3 Å². The lowest BCUT2D eigenvalue weighted by Gasteiger charge is -2.06. The minimum Gasteiger partial charge on any atom is -0.504 e. The average Bonchev–Trinajstić information content (AvgIpc) is 2.67. The second-order valence-corrected chi connectivity index (χ2v) is 4.09. The molecule has 1 aromatic heterocycles. The van der Waals surface area contributed by atoms with Gasteiger partial charge in [0.2, 0.25) is 0 Å². The Morgan fingerprint density at radius 3 is 2.47 bits per heavy atom. The quantitative estimate of drug-likeness (QED) is 0.875. The van der Waals surface area contributed by atoms with Crippen LogP contribution in [0.4, 0.5) is 0 Å². The SMILES string of the molecule is CCCn1nc(CC)c(O)c1-c1ccccc1. The van der Waals surface area contributed by atoms with E-state index < -0.39 is 0 Å². The van der Waals surface area contributed by atoms with Crippen molar-refractivity contribution in [1.82, 2.24) is 9.78 Å². The van der Waals surface area contributed by atoms with Crippen LogP contribution >= 0.6 is 0 Å². The third kappa shape index (κ3) is 2.18. The Labute approximate surface area is 102 Å². The van der Waals surface area contributed by atoms with Crippen LogP contribution in [0.3, 0.4) is 0 Å². The van der Waals surface area contributed by atoms with Crippen molar-refractivity contribution in [3.63, 3.8) is 0 Å². The van der Waals surface area contributed by atoms with Gasteiger partial charge in [-0.05, 0) is 12.8 Å². The van der Waals surface area contributed by atoms with E-state index in [2.05, 4.69) is 12.0 Å². The van der Waals surface area contributed by atoms with Gasteiger partial charge in [-0.25, -0.2) is 0 Å². The van der Waals surface area contributed by atoms with Crippen molar-refractivity contribution in [3.05, 3.63) is 36.0 Å². The van der Waals surface area contributed by atoms with Crippen LogP contribution in [0, 0.1) is 0 Å². The van der Waals surface area contributed by atoms with Crippen molar-refractivity contribution < 1.29 is 5.11 Å². The van der Waals surface area contributed by atoms with Gasteiger partial charge >= 0.3 is 0 Å². The van der Waals surface area contributed by atoms with Crippen molar-refractivity contribution in [2.24, 2.45) is 0 Å². The van der Waals surface area contributed by atoms with Crippen LogP contribution < -0.4 is 0 Å². The number of aromatic hydroxyl groups is 1. The van der Waals surface area contributed by atoms with Crippen LogP contribution in [-0.4, -0.2) is 14.9 Å². The Balaban J connectivity index is 2.54. The third-order valence-electron chi connectivity index (χ3n) is 2.81. The van der Waals surface area contributed by atoms with E-state index in [0.29, 0.717) is 5.75 Å². The highest BCUT2D eigenvalue weighted by Crippen LogP contribution is 2.32. The van der Waals surface area contributed by atoms with E-state index >= 15 is 0 Å². The van der Waals surface area contributed by atoms with Gasteiger partial charge < -0.3 is 5.11 Å². The summed E-state index contributed by atoms with van der Waals surface area (Å²) >= 11 is 0. The third-order valence-corrected chi connectivity index (χ3v) is 2.81. The Bertz CT molecular complexity index is 488. The Morgan fingerprint density at radius 2 is 1.88 bits per heavy atom. The Morgan fingerprint density at radius 1 is 1.18 bits per heavy atom. The summed E-state index contributed by atoms with van der Waals surface area (Å²) in [6.45, 7) is 4.95. The van der Waals surface area contributed by atoms with E-state index in [1.165, 1.54) is 0 Å². The molecule has 1 aromatic carbocycles. The van der Waals surface area contributed by atoms with E-state index in [4.69, 9.17) is 0 Å². The van der Waals surface area contributed by atoms with Crippen LogP contribution in [0.1, 0.15) is 26.0 Å². The molecular formula is C14H18N2O. The predicted molar refractivity (Wildman–Crippen MR) is 69.0 cm³/mol. The topological polar surface area (TPSA) is 38.0 Å². The van der Waals surface area contributed by atoms with Crippen LogP contribution in [0.25, 0.3) is 11.3 Å². The first-order valence-electron chi connectivity index (χ1n) is 6.12. The highest BCUT2D eigenvalue weighted by atomic mass is 16.3. The molecule has 0 radical (unpaired) electrons. The highest BCUT2D eigenvalue weighted by molar-refractivity contribution is 5.67. The van der Waals surface area contributed by atoms with Crippen molar-refractivity contribution in [2.45, 2.75) is 33.2 Å². The van der Waals surface area contributed by atoms with Gasteiger partial charge in [-0.1, -0.05) is 44.2 Å². The van der Waals surface area contributed by atoms with Gasteiger partial charge in [0.1, 0.15) is 11.4 Å². The minimum absolute atomic E-state index is 0.326. The van der Waals surface area contributed by atoms with Crippen molar-refractivity contribution >= 4 is 0 Å². The molecule has 0 atom stereocenters. The maximum absolute atomic E-state index is 10.2. The van der Waals surface area contributed by atoms with Crippen molar-refractivity contribution in [2.75, 3.05) is 0 Å². The van der Waals surface area contributed by atoms with Crippen LogP contribution in [-0.2, 0) is 13.0 Å². The van der Waals surface area contributed by atoms with Gasteiger partial charge in [0.05, 0.1) is 0 Å². The Kier molecular flexibility index (Phi) is 3.47. The number of hydrogen-bond acceptors (Lipinski definition) is 2. The Hall–Kier alpha value is -1.77. The van der Waals surface area contributed by atoms with E-state index in [-0.39, 0.29) is 0 Å². The number of nitrogens with zero attached hydrogens (tertiary/aromatic N) is 2. The molecule has 90 valence electrons. The second kappa shape index (κ2) is 5.04. The summed E-state index contributed by atoms with van der Waals surface area (Å²) in [5, 5.41) is 14.7. The molecule has 0 aliphatic heterocycles. The first-order valence-corrected chi connectivity index (χ1v) is 6.12. The van der Waals surface area contributed by atoms with Crippen LogP contribution in [0.15, 0.2) is 30.3 Å². The van der Waals surface area contributed by atoms with Gasteiger partial charge in [0.15, 0.2) is 5.75 Å². The fourth-order valence-corrected chi connectivity index (χ4v) is 2.00. The van der Waals surface area contributed by atoms with Gasteiger partial charge in [0.25, 0.3) is 0 Å². The summed E-state index contributed by atoms with van der Waals surface area (Å²) in [7, 11) is 0. The highest BCUT2D eigenvalue weighted by Gasteiger charge is 2.16. The normalized spacial score (nSPS) is 10.7.